The number of hydrogen-bond acceptors (Lipinski definition) is 3. The van der Waals surface area contributed by atoms with Crippen LogP contribution in [0.3, 0.4) is 0 Å². The molecule has 7 heteroatoms. The lowest BCUT2D eigenvalue weighted by atomic mass is 10.00. The Kier molecular flexibility index (Phi) is 4.12. The van der Waals surface area contributed by atoms with Crippen molar-refractivity contribution in [2.24, 2.45) is 0 Å². The van der Waals surface area contributed by atoms with E-state index in [1.165, 1.54) is 16.9 Å². The van der Waals surface area contributed by atoms with E-state index in [1.54, 1.807) is 21.8 Å². The van der Waals surface area contributed by atoms with Gasteiger partial charge in [0.05, 0.1) is 0 Å². The SMILES string of the molecule is O=S(=O)(c1cccs1)N1CC=C(c2c[nH]c3ccc(Br)cc23)CC1. The molecule has 4 nitrogen and oxygen atoms in total. The fraction of sp³-hybridized carbons (Fsp3) is 0.176. The number of aromatic amines is 1. The van der Waals surface area contributed by atoms with E-state index in [0.29, 0.717) is 23.7 Å². The van der Waals surface area contributed by atoms with Crippen molar-refractivity contribution in [3.8, 4) is 0 Å². The molecule has 1 aromatic carbocycles. The van der Waals surface area contributed by atoms with Crippen LogP contribution in [0.2, 0.25) is 0 Å². The number of thiophene rings is 1. The van der Waals surface area contributed by atoms with Gasteiger partial charge < -0.3 is 4.98 Å². The van der Waals surface area contributed by atoms with Crippen molar-refractivity contribution >= 4 is 53.8 Å². The molecule has 3 aromatic rings. The molecule has 1 aliphatic heterocycles. The molecule has 0 radical (unpaired) electrons. The summed E-state index contributed by atoms with van der Waals surface area (Å²) in [6.07, 6.45) is 4.74. The highest BCUT2D eigenvalue weighted by atomic mass is 79.9. The molecule has 0 fully saturated rings. The Morgan fingerprint density at radius 1 is 1.25 bits per heavy atom. The summed E-state index contributed by atoms with van der Waals surface area (Å²) in [7, 11) is -3.37. The number of halogens is 1. The lowest BCUT2D eigenvalue weighted by Crippen LogP contribution is -2.34. The average molecular weight is 423 g/mol. The Hall–Kier alpha value is -1.41. The van der Waals surface area contributed by atoms with Gasteiger partial charge >= 0.3 is 0 Å². The van der Waals surface area contributed by atoms with Crippen LogP contribution in [0.4, 0.5) is 0 Å². The normalized spacial score (nSPS) is 16.5. The van der Waals surface area contributed by atoms with Crippen LogP contribution in [0.1, 0.15) is 12.0 Å². The third-order valence-electron chi connectivity index (χ3n) is 4.25. The molecule has 0 amide bonds. The largest absolute Gasteiger partial charge is 0.361 e. The van der Waals surface area contributed by atoms with Gasteiger partial charge in [-0.2, -0.15) is 4.31 Å². The Morgan fingerprint density at radius 2 is 2.12 bits per heavy atom. The van der Waals surface area contributed by atoms with Crippen molar-refractivity contribution in [1.82, 2.24) is 9.29 Å². The maximum Gasteiger partial charge on any atom is 0.252 e. The fourth-order valence-corrected chi connectivity index (χ4v) is 5.90. The summed E-state index contributed by atoms with van der Waals surface area (Å²) < 4.78 is 28.2. The number of H-pyrrole nitrogens is 1. The molecule has 2 aromatic heterocycles. The van der Waals surface area contributed by atoms with Gasteiger partial charge in [0.1, 0.15) is 4.21 Å². The highest BCUT2D eigenvalue weighted by Crippen LogP contribution is 2.32. The number of nitrogens with one attached hydrogen (secondary N) is 1. The Bertz CT molecular complexity index is 1020. The number of sulfonamides is 1. The van der Waals surface area contributed by atoms with Gasteiger partial charge in [0.15, 0.2) is 0 Å². The standard InChI is InChI=1S/C17H15BrN2O2S2/c18-13-3-4-16-14(10-13)15(11-19-16)12-5-7-20(8-6-12)24(21,22)17-2-1-9-23-17/h1-5,9-11,19H,6-8H2. The number of hydrogen-bond donors (Lipinski definition) is 1. The number of fused-ring (bicyclic) bond motifs is 1. The molecule has 0 saturated carbocycles. The molecule has 0 unspecified atom stereocenters. The molecule has 0 aliphatic carbocycles. The van der Waals surface area contributed by atoms with E-state index in [-0.39, 0.29) is 0 Å². The number of aromatic nitrogens is 1. The van der Waals surface area contributed by atoms with Gasteiger partial charge in [-0.3, -0.25) is 0 Å². The van der Waals surface area contributed by atoms with E-state index in [2.05, 4.69) is 27.0 Å². The second-order valence-electron chi connectivity index (χ2n) is 5.67. The first-order chi connectivity index (χ1) is 11.6. The van der Waals surface area contributed by atoms with Gasteiger partial charge in [-0.25, -0.2) is 8.42 Å². The van der Waals surface area contributed by atoms with Gasteiger partial charge in [-0.15, -0.1) is 11.3 Å². The van der Waals surface area contributed by atoms with E-state index in [4.69, 9.17) is 0 Å². The molecular formula is C17H15BrN2O2S2. The molecule has 0 bridgehead atoms. The van der Waals surface area contributed by atoms with Crippen LogP contribution >= 0.6 is 27.3 Å². The maximum absolute atomic E-state index is 12.6. The number of nitrogens with zero attached hydrogens (tertiary/aromatic N) is 1. The van der Waals surface area contributed by atoms with Crippen molar-refractivity contribution in [2.45, 2.75) is 10.6 Å². The maximum atomic E-state index is 12.6. The summed E-state index contributed by atoms with van der Waals surface area (Å²) in [6, 6.07) is 9.58. The molecule has 0 saturated heterocycles. The van der Waals surface area contributed by atoms with Crippen LogP contribution in [0.5, 0.6) is 0 Å². The molecule has 3 heterocycles. The summed E-state index contributed by atoms with van der Waals surface area (Å²) in [5, 5.41) is 2.95. The molecule has 1 N–H and O–H groups in total. The monoisotopic (exact) mass is 422 g/mol. The number of benzene rings is 1. The third-order valence-corrected chi connectivity index (χ3v) is 7.98. The zero-order chi connectivity index (χ0) is 16.7. The van der Waals surface area contributed by atoms with E-state index in [1.807, 2.05) is 24.4 Å². The van der Waals surface area contributed by atoms with Crippen molar-refractivity contribution in [3.63, 3.8) is 0 Å². The van der Waals surface area contributed by atoms with E-state index in [9.17, 15) is 8.42 Å². The highest BCUT2D eigenvalue weighted by Gasteiger charge is 2.27. The summed E-state index contributed by atoms with van der Waals surface area (Å²) in [4.78, 5) is 3.28. The molecule has 1 aliphatic rings. The minimum Gasteiger partial charge on any atom is -0.361 e. The topological polar surface area (TPSA) is 53.2 Å². The van der Waals surface area contributed by atoms with Crippen molar-refractivity contribution in [2.75, 3.05) is 13.1 Å². The summed E-state index contributed by atoms with van der Waals surface area (Å²) in [5.74, 6) is 0. The van der Waals surface area contributed by atoms with Crippen molar-refractivity contribution < 1.29 is 8.42 Å². The van der Waals surface area contributed by atoms with Gasteiger partial charge in [0.2, 0.25) is 0 Å². The lowest BCUT2D eigenvalue weighted by Gasteiger charge is -2.25. The quantitative estimate of drug-likeness (QED) is 0.676. The van der Waals surface area contributed by atoms with E-state index >= 15 is 0 Å². The van der Waals surface area contributed by atoms with Crippen LogP contribution in [-0.2, 0) is 10.0 Å². The summed E-state index contributed by atoms with van der Waals surface area (Å²) >= 11 is 4.78. The minimum atomic E-state index is -3.37. The first-order valence-electron chi connectivity index (χ1n) is 7.55. The first kappa shape index (κ1) is 16.1. The molecular weight excluding hydrogens is 408 g/mol. The second-order valence-corrected chi connectivity index (χ2v) is 9.69. The predicted molar refractivity (Wildman–Crippen MR) is 102 cm³/mol. The Balaban J connectivity index is 1.64. The lowest BCUT2D eigenvalue weighted by molar-refractivity contribution is 0.443. The Labute approximate surface area is 153 Å². The van der Waals surface area contributed by atoms with Gasteiger partial charge in [0, 0.05) is 40.2 Å². The zero-order valence-electron chi connectivity index (χ0n) is 12.7. The van der Waals surface area contributed by atoms with E-state index < -0.39 is 10.0 Å². The second kappa shape index (κ2) is 6.15. The molecule has 4 rings (SSSR count). The minimum absolute atomic E-state index is 0.412. The van der Waals surface area contributed by atoms with Crippen molar-refractivity contribution in [1.29, 1.82) is 0 Å². The third kappa shape index (κ3) is 2.75. The average Bonchev–Trinajstić information content (AvgIpc) is 3.25. The highest BCUT2D eigenvalue weighted by molar-refractivity contribution is 9.10. The molecule has 0 spiro atoms. The molecule has 124 valence electrons. The molecule has 0 atom stereocenters. The molecule has 24 heavy (non-hydrogen) atoms. The van der Waals surface area contributed by atoms with Crippen LogP contribution in [-0.4, -0.2) is 30.8 Å². The predicted octanol–water partition coefficient (Wildman–Crippen LogP) is 4.47. The fourth-order valence-electron chi connectivity index (χ4n) is 3.01. The van der Waals surface area contributed by atoms with Gasteiger partial charge in [0.25, 0.3) is 10.0 Å². The van der Waals surface area contributed by atoms with Crippen LogP contribution in [0, 0.1) is 0 Å². The first-order valence-corrected chi connectivity index (χ1v) is 10.7. The van der Waals surface area contributed by atoms with Crippen LogP contribution in [0.15, 0.2) is 56.7 Å². The van der Waals surface area contributed by atoms with Gasteiger partial charge in [-0.1, -0.05) is 28.1 Å². The van der Waals surface area contributed by atoms with Crippen molar-refractivity contribution in [3.05, 3.63) is 58.0 Å². The van der Waals surface area contributed by atoms with Crippen LogP contribution in [0.25, 0.3) is 16.5 Å². The number of rotatable bonds is 3. The summed E-state index contributed by atoms with van der Waals surface area (Å²) in [5.41, 5.74) is 3.43. The smallest absolute Gasteiger partial charge is 0.252 e. The zero-order valence-corrected chi connectivity index (χ0v) is 15.9. The summed E-state index contributed by atoms with van der Waals surface area (Å²) in [6.45, 7) is 0.920. The van der Waals surface area contributed by atoms with Gasteiger partial charge in [-0.05, 0) is 41.6 Å². The Morgan fingerprint density at radius 3 is 2.83 bits per heavy atom. The van der Waals surface area contributed by atoms with Crippen LogP contribution < -0.4 is 0 Å². The van der Waals surface area contributed by atoms with E-state index in [0.717, 1.165) is 20.9 Å².